The summed E-state index contributed by atoms with van der Waals surface area (Å²) in [6, 6.07) is 6.68. The van der Waals surface area contributed by atoms with Crippen molar-refractivity contribution in [1.29, 1.82) is 0 Å². The molecule has 7 heteroatoms. The summed E-state index contributed by atoms with van der Waals surface area (Å²) >= 11 is 5.84. The molecule has 0 spiro atoms. The van der Waals surface area contributed by atoms with E-state index in [9.17, 15) is 9.59 Å². The Morgan fingerprint density at radius 2 is 2.20 bits per heavy atom. The highest BCUT2D eigenvalue weighted by Gasteiger charge is 2.12. The van der Waals surface area contributed by atoms with Gasteiger partial charge in [-0.1, -0.05) is 17.7 Å². The molecule has 6 nitrogen and oxygen atoms in total. The molecule has 1 amide bonds. The summed E-state index contributed by atoms with van der Waals surface area (Å²) in [5, 5.41) is 14.4. The van der Waals surface area contributed by atoms with Gasteiger partial charge in [-0.3, -0.25) is 4.79 Å². The maximum absolute atomic E-state index is 11.8. The van der Waals surface area contributed by atoms with Crippen molar-refractivity contribution in [2.45, 2.75) is 0 Å². The number of hydrogen-bond donors (Lipinski definition) is 3. The first-order valence-corrected chi connectivity index (χ1v) is 6.16. The average Bonchev–Trinajstić information content (AvgIpc) is 2.43. The van der Waals surface area contributed by atoms with Crippen molar-refractivity contribution >= 4 is 29.2 Å². The monoisotopic (exact) mass is 298 g/mol. The summed E-state index contributed by atoms with van der Waals surface area (Å²) in [7, 11) is 1.21. The maximum Gasteiger partial charge on any atom is 0.332 e. The minimum Gasteiger partial charge on any atom is -0.466 e. The Kier molecular flexibility index (Phi) is 6.55. The van der Waals surface area contributed by atoms with Gasteiger partial charge in [-0.05, 0) is 18.2 Å². The first kappa shape index (κ1) is 16.0. The van der Waals surface area contributed by atoms with E-state index < -0.39 is 11.9 Å². The van der Waals surface area contributed by atoms with Gasteiger partial charge in [0.25, 0.3) is 5.91 Å². The Morgan fingerprint density at radius 3 is 2.80 bits per heavy atom. The number of rotatable bonds is 6. The van der Waals surface area contributed by atoms with Gasteiger partial charge in [-0.15, -0.1) is 0 Å². The van der Waals surface area contributed by atoms with Gasteiger partial charge in [-0.25, -0.2) is 4.79 Å². The molecule has 0 aromatic heterocycles. The lowest BCUT2D eigenvalue weighted by Gasteiger charge is -2.11. The summed E-state index contributed by atoms with van der Waals surface area (Å²) in [6.07, 6.45) is 1.02. The number of esters is 1. The highest BCUT2D eigenvalue weighted by atomic mass is 35.5. The molecular formula is C13H15ClN2O4. The summed E-state index contributed by atoms with van der Waals surface area (Å²) in [5.41, 5.74) is 0.541. The topological polar surface area (TPSA) is 87.7 Å². The lowest BCUT2D eigenvalue weighted by Crippen LogP contribution is -2.31. The quantitative estimate of drug-likeness (QED) is 0.537. The molecule has 0 aliphatic rings. The van der Waals surface area contributed by atoms with Crippen LogP contribution in [-0.4, -0.2) is 37.2 Å². The molecular weight excluding hydrogens is 284 g/mol. The Morgan fingerprint density at radius 1 is 1.45 bits per heavy atom. The van der Waals surface area contributed by atoms with Crippen molar-refractivity contribution in [3.05, 3.63) is 41.1 Å². The molecule has 0 aliphatic heterocycles. The predicted octanol–water partition coefficient (Wildman–Crippen LogP) is 0.917. The van der Waals surface area contributed by atoms with Gasteiger partial charge < -0.3 is 20.5 Å². The average molecular weight is 299 g/mol. The summed E-state index contributed by atoms with van der Waals surface area (Å²) < 4.78 is 4.49. The van der Waals surface area contributed by atoms with Crippen LogP contribution in [0.3, 0.4) is 0 Å². The minimum atomic E-state index is -0.673. The van der Waals surface area contributed by atoms with Crippen molar-refractivity contribution in [1.82, 2.24) is 5.32 Å². The number of hydrogen-bond acceptors (Lipinski definition) is 5. The van der Waals surface area contributed by atoms with Crippen LogP contribution in [0, 0.1) is 0 Å². The van der Waals surface area contributed by atoms with Gasteiger partial charge in [0, 0.05) is 17.3 Å². The first-order valence-electron chi connectivity index (χ1n) is 5.78. The first-order chi connectivity index (χ1) is 9.56. The van der Waals surface area contributed by atoms with Crippen LogP contribution in [0.15, 0.2) is 36.0 Å². The summed E-state index contributed by atoms with van der Waals surface area (Å²) in [4.78, 5) is 23.1. The molecule has 0 radical (unpaired) electrons. The molecule has 0 fully saturated rings. The zero-order valence-electron chi connectivity index (χ0n) is 10.9. The zero-order valence-corrected chi connectivity index (χ0v) is 11.6. The normalized spacial score (nSPS) is 10.8. The number of halogens is 1. The van der Waals surface area contributed by atoms with Crippen LogP contribution >= 0.6 is 11.6 Å². The maximum atomic E-state index is 11.8. The lowest BCUT2D eigenvalue weighted by molar-refractivity contribution is -0.135. The molecule has 3 N–H and O–H groups in total. The smallest absolute Gasteiger partial charge is 0.332 e. The van der Waals surface area contributed by atoms with Gasteiger partial charge in [0.1, 0.15) is 5.70 Å². The Labute approximate surface area is 121 Å². The number of nitrogens with one attached hydrogen (secondary N) is 2. The fraction of sp³-hybridized carbons (Fsp3) is 0.231. The van der Waals surface area contributed by atoms with Gasteiger partial charge >= 0.3 is 5.97 Å². The van der Waals surface area contributed by atoms with Crippen molar-refractivity contribution in [3.8, 4) is 0 Å². The second-order valence-electron chi connectivity index (χ2n) is 3.70. The minimum absolute atomic E-state index is 0.00688. The van der Waals surface area contributed by atoms with Gasteiger partial charge in [0.05, 0.1) is 19.8 Å². The number of carbonyl (C=O) groups excluding carboxylic acids is 2. The molecule has 1 aromatic carbocycles. The van der Waals surface area contributed by atoms with E-state index in [1.54, 1.807) is 24.3 Å². The summed E-state index contributed by atoms with van der Waals surface area (Å²) in [6.45, 7) is -0.122. The van der Waals surface area contributed by atoms with Gasteiger partial charge in [-0.2, -0.15) is 0 Å². The van der Waals surface area contributed by atoms with E-state index >= 15 is 0 Å². The molecule has 1 aromatic rings. The highest BCUT2D eigenvalue weighted by molar-refractivity contribution is 6.30. The van der Waals surface area contributed by atoms with Crippen molar-refractivity contribution in [2.24, 2.45) is 0 Å². The van der Waals surface area contributed by atoms with E-state index in [0.717, 1.165) is 6.08 Å². The van der Waals surface area contributed by atoms with Crippen LogP contribution in [0.25, 0.3) is 0 Å². The molecule has 0 heterocycles. The van der Waals surface area contributed by atoms with Gasteiger partial charge in [0.15, 0.2) is 0 Å². The number of aliphatic hydroxyl groups is 1. The molecule has 0 atom stereocenters. The van der Waals surface area contributed by atoms with Crippen LogP contribution < -0.4 is 10.6 Å². The van der Waals surface area contributed by atoms with Crippen LogP contribution in [0.4, 0.5) is 5.69 Å². The van der Waals surface area contributed by atoms with E-state index in [2.05, 4.69) is 15.4 Å². The molecule has 1 rings (SSSR count). The molecule has 0 bridgehead atoms. The van der Waals surface area contributed by atoms with E-state index in [1.165, 1.54) is 7.11 Å². The highest BCUT2D eigenvalue weighted by Crippen LogP contribution is 2.16. The third-order valence-electron chi connectivity index (χ3n) is 2.21. The third kappa shape index (κ3) is 5.29. The Hall–Kier alpha value is -2.05. The second-order valence-corrected chi connectivity index (χ2v) is 4.13. The van der Waals surface area contributed by atoms with E-state index in [-0.39, 0.29) is 18.8 Å². The zero-order chi connectivity index (χ0) is 15.0. The molecule has 0 unspecified atom stereocenters. The third-order valence-corrected chi connectivity index (χ3v) is 2.44. The van der Waals surface area contributed by atoms with Crippen molar-refractivity contribution in [2.75, 3.05) is 25.6 Å². The fourth-order valence-electron chi connectivity index (χ4n) is 1.32. The standard InChI is InChI=1S/C13H15ClN2O4/c1-20-12(18)8-11(13(19)15-5-6-17)16-10-4-2-3-9(14)7-10/h2-4,7-8,16-17H,5-6H2,1H3,(H,15,19)/b11-8-. The molecule has 0 saturated heterocycles. The van der Waals surface area contributed by atoms with Crippen molar-refractivity contribution < 1.29 is 19.4 Å². The van der Waals surface area contributed by atoms with E-state index in [1.807, 2.05) is 0 Å². The number of aliphatic hydroxyl groups excluding tert-OH is 1. The number of amides is 1. The largest absolute Gasteiger partial charge is 0.466 e. The van der Waals surface area contributed by atoms with E-state index in [4.69, 9.17) is 16.7 Å². The second kappa shape index (κ2) is 8.19. The van der Waals surface area contributed by atoms with Crippen molar-refractivity contribution in [3.63, 3.8) is 0 Å². The molecule has 108 valence electrons. The molecule has 0 aliphatic carbocycles. The Balaban J connectivity index is 2.90. The van der Waals surface area contributed by atoms with Crippen LogP contribution in [0.1, 0.15) is 0 Å². The summed E-state index contributed by atoms with van der Waals surface area (Å²) in [5.74, 6) is -1.21. The van der Waals surface area contributed by atoms with Crippen LogP contribution in [0.5, 0.6) is 0 Å². The number of ether oxygens (including phenoxy) is 1. The number of benzene rings is 1. The molecule has 20 heavy (non-hydrogen) atoms. The predicted molar refractivity (Wildman–Crippen MR) is 75.3 cm³/mol. The number of methoxy groups -OCH3 is 1. The molecule has 0 saturated carbocycles. The fourth-order valence-corrected chi connectivity index (χ4v) is 1.51. The Bertz CT molecular complexity index is 517. The van der Waals surface area contributed by atoms with Crippen LogP contribution in [-0.2, 0) is 14.3 Å². The number of anilines is 1. The van der Waals surface area contributed by atoms with Crippen LogP contribution in [0.2, 0.25) is 5.02 Å². The lowest BCUT2D eigenvalue weighted by atomic mass is 10.3. The SMILES string of the molecule is COC(=O)/C=C(\Nc1cccc(Cl)c1)C(=O)NCCO. The number of carbonyl (C=O) groups is 2. The van der Waals surface area contributed by atoms with E-state index in [0.29, 0.717) is 10.7 Å². The van der Waals surface area contributed by atoms with Gasteiger partial charge in [0.2, 0.25) is 0 Å².